The molecule has 1 aliphatic heterocycles. The highest BCUT2D eigenvalue weighted by molar-refractivity contribution is 5.32. The van der Waals surface area contributed by atoms with Gasteiger partial charge < -0.3 is 10.0 Å². The second kappa shape index (κ2) is 3.89. The van der Waals surface area contributed by atoms with Gasteiger partial charge in [0.1, 0.15) is 5.69 Å². The molecule has 0 amide bonds. The molecule has 1 fully saturated rings. The first kappa shape index (κ1) is 11.1. The Labute approximate surface area is 89.7 Å². The number of anilines is 1. The lowest BCUT2D eigenvalue weighted by molar-refractivity contribution is -0.141. The molecule has 0 aromatic carbocycles. The third kappa shape index (κ3) is 2.24. The van der Waals surface area contributed by atoms with Gasteiger partial charge in [-0.25, -0.2) is 9.97 Å². The molecule has 0 bridgehead atoms. The Morgan fingerprint density at radius 3 is 2.75 bits per heavy atom. The summed E-state index contributed by atoms with van der Waals surface area (Å²) in [7, 11) is 0. The normalized spacial score (nSPS) is 21.5. The smallest absolute Gasteiger partial charge is 0.391 e. The summed E-state index contributed by atoms with van der Waals surface area (Å²) in [6, 6.07) is 0.829. The van der Waals surface area contributed by atoms with Gasteiger partial charge >= 0.3 is 6.18 Å². The van der Waals surface area contributed by atoms with E-state index in [0.717, 1.165) is 12.3 Å². The summed E-state index contributed by atoms with van der Waals surface area (Å²) in [6.45, 7) is 0.754. The van der Waals surface area contributed by atoms with Gasteiger partial charge in [-0.15, -0.1) is 0 Å². The number of aromatic nitrogens is 2. The molecule has 0 saturated carbocycles. The topological polar surface area (TPSA) is 49.2 Å². The number of hydrogen-bond acceptors (Lipinski definition) is 4. The van der Waals surface area contributed by atoms with Crippen molar-refractivity contribution >= 4 is 5.95 Å². The summed E-state index contributed by atoms with van der Waals surface area (Å²) in [5.74, 6) is 0.0198. The Morgan fingerprint density at radius 1 is 1.44 bits per heavy atom. The van der Waals surface area contributed by atoms with Crippen molar-refractivity contribution in [1.29, 1.82) is 0 Å². The SMILES string of the molecule is O[C@H]1CCN(c2nccc(C(F)(F)F)n2)C1. The molecule has 0 radical (unpaired) electrons. The Morgan fingerprint density at radius 2 is 2.19 bits per heavy atom. The highest BCUT2D eigenvalue weighted by Gasteiger charge is 2.33. The van der Waals surface area contributed by atoms with Crippen LogP contribution in [0.15, 0.2) is 12.3 Å². The van der Waals surface area contributed by atoms with Crippen LogP contribution in [0.1, 0.15) is 12.1 Å². The molecule has 0 spiro atoms. The van der Waals surface area contributed by atoms with Crippen molar-refractivity contribution in [1.82, 2.24) is 9.97 Å². The average molecular weight is 233 g/mol. The van der Waals surface area contributed by atoms with E-state index < -0.39 is 18.0 Å². The summed E-state index contributed by atoms with van der Waals surface area (Å²) in [6.07, 6.45) is -3.37. The van der Waals surface area contributed by atoms with Crippen LogP contribution in [0.4, 0.5) is 19.1 Å². The van der Waals surface area contributed by atoms with Gasteiger partial charge in [0, 0.05) is 19.3 Å². The first-order valence-electron chi connectivity index (χ1n) is 4.80. The minimum atomic E-state index is -4.46. The molecule has 1 N–H and O–H groups in total. The highest BCUT2D eigenvalue weighted by Crippen LogP contribution is 2.28. The van der Waals surface area contributed by atoms with Crippen LogP contribution in [-0.4, -0.2) is 34.3 Å². The van der Waals surface area contributed by atoms with Crippen molar-refractivity contribution in [2.75, 3.05) is 18.0 Å². The number of nitrogens with zero attached hydrogens (tertiary/aromatic N) is 3. The van der Waals surface area contributed by atoms with Gasteiger partial charge in [0.05, 0.1) is 6.10 Å². The molecular formula is C9H10F3N3O. The minimum absolute atomic E-state index is 0.0198. The average Bonchev–Trinajstić information content (AvgIpc) is 2.64. The van der Waals surface area contributed by atoms with Gasteiger partial charge in [-0.05, 0) is 12.5 Å². The van der Waals surface area contributed by atoms with Crippen LogP contribution >= 0.6 is 0 Å². The summed E-state index contributed by atoms with van der Waals surface area (Å²) < 4.78 is 37.1. The summed E-state index contributed by atoms with van der Waals surface area (Å²) >= 11 is 0. The van der Waals surface area contributed by atoms with Crippen molar-refractivity contribution in [3.8, 4) is 0 Å². The van der Waals surface area contributed by atoms with Crippen molar-refractivity contribution in [2.24, 2.45) is 0 Å². The Hall–Kier alpha value is -1.37. The van der Waals surface area contributed by atoms with Crippen LogP contribution in [0.25, 0.3) is 0 Å². The van der Waals surface area contributed by atoms with Crippen LogP contribution < -0.4 is 4.90 Å². The fourth-order valence-electron chi connectivity index (χ4n) is 1.58. The molecule has 16 heavy (non-hydrogen) atoms. The number of aliphatic hydroxyl groups excluding tert-OH is 1. The first-order chi connectivity index (χ1) is 7.47. The van der Waals surface area contributed by atoms with E-state index in [1.807, 2.05) is 0 Å². The first-order valence-corrected chi connectivity index (χ1v) is 4.80. The van der Waals surface area contributed by atoms with Gasteiger partial charge in [-0.1, -0.05) is 0 Å². The Bertz CT molecular complexity index is 383. The predicted molar refractivity (Wildman–Crippen MR) is 49.9 cm³/mol. The van der Waals surface area contributed by atoms with E-state index in [2.05, 4.69) is 9.97 Å². The van der Waals surface area contributed by atoms with E-state index in [0.29, 0.717) is 13.0 Å². The second-order valence-electron chi connectivity index (χ2n) is 3.63. The lowest BCUT2D eigenvalue weighted by Crippen LogP contribution is -2.24. The lowest BCUT2D eigenvalue weighted by atomic mass is 10.3. The lowest BCUT2D eigenvalue weighted by Gasteiger charge is -2.16. The molecule has 4 nitrogen and oxygen atoms in total. The molecule has 1 atom stereocenters. The van der Waals surface area contributed by atoms with Gasteiger partial charge in [-0.3, -0.25) is 0 Å². The van der Waals surface area contributed by atoms with Crippen molar-refractivity contribution in [2.45, 2.75) is 18.7 Å². The summed E-state index contributed by atoms with van der Waals surface area (Å²) in [4.78, 5) is 8.75. The summed E-state index contributed by atoms with van der Waals surface area (Å²) in [5, 5.41) is 9.27. The molecule has 88 valence electrons. The van der Waals surface area contributed by atoms with Crippen LogP contribution in [0.5, 0.6) is 0 Å². The van der Waals surface area contributed by atoms with E-state index in [1.165, 1.54) is 0 Å². The molecular weight excluding hydrogens is 223 g/mol. The molecule has 0 aliphatic carbocycles. The highest BCUT2D eigenvalue weighted by atomic mass is 19.4. The number of alkyl halides is 3. The van der Waals surface area contributed by atoms with Crippen LogP contribution in [0.3, 0.4) is 0 Å². The molecule has 2 rings (SSSR count). The van der Waals surface area contributed by atoms with Crippen molar-refractivity contribution in [3.63, 3.8) is 0 Å². The predicted octanol–water partition coefficient (Wildman–Crippen LogP) is 1.07. The van der Waals surface area contributed by atoms with Crippen molar-refractivity contribution < 1.29 is 18.3 Å². The fourth-order valence-corrected chi connectivity index (χ4v) is 1.58. The molecule has 1 aromatic rings. The maximum absolute atomic E-state index is 12.4. The van der Waals surface area contributed by atoms with E-state index in [-0.39, 0.29) is 12.5 Å². The number of hydrogen-bond donors (Lipinski definition) is 1. The molecule has 2 heterocycles. The van der Waals surface area contributed by atoms with Gasteiger partial charge in [0.15, 0.2) is 0 Å². The maximum atomic E-state index is 12.4. The molecule has 1 saturated heterocycles. The Balaban J connectivity index is 2.23. The zero-order valence-electron chi connectivity index (χ0n) is 8.28. The van der Waals surface area contributed by atoms with E-state index in [4.69, 9.17) is 0 Å². The molecule has 1 aliphatic rings. The molecule has 7 heteroatoms. The van der Waals surface area contributed by atoms with Crippen LogP contribution in [0.2, 0.25) is 0 Å². The van der Waals surface area contributed by atoms with Gasteiger partial charge in [0.25, 0.3) is 0 Å². The zero-order valence-corrected chi connectivity index (χ0v) is 8.28. The molecule has 0 unspecified atom stereocenters. The van der Waals surface area contributed by atoms with E-state index in [1.54, 1.807) is 4.90 Å². The Kier molecular flexibility index (Phi) is 2.71. The van der Waals surface area contributed by atoms with Crippen LogP contribution in [0, 0.1) is 0 Å². The standard InChI is InChI=1S/C9H10F3N3O/c10-9(11,12)7-1-3-13-8(14-7)15-4-2-6(16)5-15/h1,3,6,16H,2,4-5H2/t6-/m0/s1. The quantitative estimate of drug-likeness (QED) is 0.788. The van der Waals surface area contributed by atoms with Crippen LogP contribution in [-0.2, 0) is 6.18 Å². The number of rotatable bonds is 1. The number of aliphatic hydroxyl groups is 1. The van der Waals surface area contributed by atoms with Gasteiger partial charge in [-0.2, -0.15) is 13.2 Å². The number of halogens is 3. The maximum Gasteiger partial charge on any atom is 0.433 e. The zero-order chi connectivity index (χ0) is 11.8. The largest absolute Gasteiger partial charge is 0.433 e. The van der Waals surface area contributed by atoms with E-state index in [9.17, 15) is 18.3 Å². The van der Waals surface area contributed by atoms with E-state index >= 15 is 0 Å². The summed E-state index contributed by atoms with van der Waals surface area (Å²) in [5.41, 5.74) is -0.959. The monoisotopic (exact) mass is 233 g/mol. The van der Waals surface area contributed by atoms with Crippen molar-refractivity contribution in [3.05, 3.63) is 18.0 Å². The second-order valence-corrected chi connectivity index (χ2v) is 3.63. The fraction of sp³-hybridized carbons (Fsp3) is 0.556. The molecule has 1 aromatic heterocycles. The number of β-amino-alcohol motifs (C(OH)–C–C–N with tert-alkyl or cyclic N) is 1. The minimum Gasteiger partial charge on any atom is -0.391 e. The third-order valence-electron chi connectivity index (χ3n) is 2.38. The van der Waals surface area contributed by atoms with Gasteiger partial charge in [0.2, 0.25) is 5.95 Å². The third-order valence-corrected chi connectivity index (χ3v) is 2.38.